The second-order valence-corrected chi connectivity index (χ2v) is 6.13. The number of carbonyl (C=O) groups is 1. The first-order chi connectivity index (χ1) is 8.43. The maximum atomic E-state index is 11.6. The average Bonchev–Trinajstić information content (AvgIpc) is 2.70. The summed E-state index contributed by atoms with van der Waals surface area (Å²) in [5, 5.41) is 9.29. The lowest BCUT2D eigenvalue weighted by Gasteiger charge is -2.24. The van der Waals surface area contributed by atoms with Gasteiger partial charge in [-0.25, -0.2) is 4.98 Å². The molecule has 0 atom stereocenters. The largest absolute Gasteiger partial charge is 0.350 e. The molecular formula is C13H23N3OS. The number of aromatic nitrogens is 1. The highest BCUT2D eigenvalue weighted by Crippen LogP contribution is 2.08. The van der Waals surface area contributed by atoms with E-state index in [9.17, 15) is 4.79 Å². The summed E-state index contributed by atoms with van der Waals surface area (Å²) in [7, 11) is 0. The van der Waals surface area contributed by atoms with Crippen molar-refractivity contribution in [1.82, 2.24) is 15.6 Å². The molecule has 1 heterocycles. The van der Waals surface area contributed by atoms with E-state index in [2.05, 4.69) is 27.9 Å². The summed E-state index contributed by atoms with van der Waals surface area (Å²) in [6.45, 7) is 9.28. The summed E-state index contributed by atoms with van der Waals surface area (Å²) in [5.74, 6) is 0.0521. The normalized spacial score (nSPS) is 11.6. The first kappa shape index (κ1) is 15.1. The molecular weight excluding hydrogens is 246 g/mol. The number of amides is 1. The van der Waals surface area contributed by atoms with Crippen molar-refractivity contribution in [3.8, 4) is 0 Å². The second kappa shape index (κ2) is 6.85. The summed E-state index contributed by atoms with van der Waals surface area (Å²) in [5.41, 5.74) is 0.976. The van der Waals surface area contributed by atoms with Gasteiger partial charge in [-0.15, -0.1) is 11.3 Å². The predicted octanol–water partition coefficient (Wildman–Crippen LogP) is 1.89. The summed E-state index contributed by atoms with van der Waals surface area (Å²) in [6, 6.07) is 0. The van der Waals surface area contributed by atoms with Gasteiger partial charge in [0.25, 0.3) is 0 Å². The topological polar surface area (TPSA) is 54.0 Å². The number of hydrogen-bond acceptors (Lipinski definition) is 4. The van der Waals surface area contributed by atoms with Gasteiger partial charge in [0.2, 0.25) is 5.91 Å². The van der Waals surface area contributed by atoms with E-state index in [0.29, 0.717) is 6.54 Å². The molecule has 0 aliphatic heterocycles. The van der Waals surface area contributed by atoms with Crippen LogP contribution >= 0.6 is 11.3 Å². The Labute approximate surface area is 113 Å². The first-order valence-corrected chi connectivity index (χ1v) is 7.23. The van der Waals surface area contributed by atoms with Crippen molar-refractivity contribution in [1.29, 1.82) is 0 Å². The fourth-order valence-corrected chi connectivity index (χ4v) is 2.10. The highest BCUT2D eigenvalue weighted by molar-refractivity contribution is 7.09. The van der Waals surface area contributed by atoms with Crippen LogP contribution < -0.4 is 10.6 Å². The Hall–Kier alpha value is -0.940. The summed E-state index contributed by atoms with van der Waals surface area (Å²) in [6.07, 6.45) is 1.80. The van der Waals surface area contributed by atoms with Gasteiger partial charge in [0.15, 0.2) is 0 Å². The molecule has 0 aliphatic carbocycles. The number of carbonyl (C=O) groups excluding carboxylic acids is 1. The maximum Gasteiger partial charge on any atom is 0.234 e. The molecule has 0 radical (unpaired) electrons. The smallest absolute Gasteiger partial charge is 0.234 e. The van der Waals surface area contributed by atoms with Crippen molar-refractivity contribution in [2.45, 2.75) is 46.1 Å². The van der Waals surface area contributed by atoms with Gasteiger partial charge in [0.05, 0.1) is 17.2 Å². The summed E-state index contributed by atoms with van der Waals surface area (Å²) >= 11 is 1.66. The first-order valence-electron chi connectivity index (χ1n) is 6.35. The minimum Gasteiger partial charge on any atom is -0.350 e. The molecule has 1 aromatic heterocycles. The van der Waals surface area contributed by atoms with Crippen LogP contribution in [0.3, 0.4) is 0 Å². The monoisotopic (exact) mass is 269 g/mol. The van der Waals surface area contributed by atoms with Crippen LogP contribution in [0.15, 0.2) is 5.38 Å². The van der Waals surface area contributed by atoms with Gasteiger partial charge >= 0.3 is 0 Å². The lowest BCUT2D eigenvalue weighted by atomic mass is 10.0. The van der Waals surface area contributed by atoms with Gasteiger partial charge in [-0.1, -0.05) is 6.92 Å². The van der Waals surface area contributed by atoms with Crippen molar-refractivity contribution in [3.63, 3.8) is 0 Å². The molecule has 1 rings (SSSR count). The third-order valence-electron chi connectivity index (χ3n) is 2.87. The van der Waals surface area contributed by atoms with Crippen LogP contribution in [0.2, 0.25) is 0 Å². The van der Waals surface area contributed by atoms with E-state index in [1.807, 2.05) is 20.8 Å². The number of aryl methyl sites for hydroxylation is 1. The van der Waals surface area contributed by atoms with Crippen LogP contribution in [0.4, 0.5) is 0 Å². The Morgan fingerprint density at radius 3 is 2.78 bits per heavy atom. The second-order valence-electron chi connectivity index (χ2n) is 5.07. The Morgan fingerprint density at radius 2 is 2.22 bits per heavy atom. The van der Waals surface area contributed by atoms with Crippen LogP contribution in [0, 0.1) is 6.92 Å². The molecule has 0 unspecified atom stereocenters. The molecule has 0 aromatic carbocycles. The Balaban J connectivity index is 2.16. The molecule has 0 fully saturated rings. The van der Waals surface area contributed by atoms with E-state index >= 15 is 0 Å². The fraction of sp³-hybridized carbons (Fsp3) is 0.692. The summed E-state index contributed by atoms with van der Waals surface area (Å²) < 4.78 is 0. The lowest BCUT2D eigenvalue weighted by Crippen LogP contribution is -2.46. The molecule has 0 aliphatic rings. The van der Waals surface area contributed by atoms with Gasteiger partial charge in [-0.3, -0.25) is 4.79 Å². The third kappa shape index (κ3) is 5.60. The third-order valence-corrected chi connectivity index (χ3v) is 3.69. The SMILES string of the molecule is CCC(C)(C)NC(=O)CNCCc1csc(C)n1. The Kier molecular flexibility index (Phi) is 5.75. The average molecular weight is 269 g/mol. The number of nitrogens with one attached hydrogen (secondary N) is 2. The highest BCUT2D eigenvalue weighted by atomic mass is 32.1. The van der Waals surface area contributed by atoms with E-state index < -0.39 is 0 Å². The van der Waals surface area contributed by atoms with Crippen molar-refractivity contribution in [3.05, 3.63) is 16.1 Å². The maximum absolute atomic E-state index is 11.6. The zero-order chi connectivity index (χ0) is 13.6. The molecule has 0 bridgehead atoms. The number of hydrogen-bond donors (Lipinski definition) is 2. The molecule has 1 amide bonds. The van der Waals surface area contributed by atoms with Gasteiger partial charge in [-0.05, 0) is 27.2 Å². The van der Waals surface area contributed by atoms with Crippen molar-refractivity contribution in [2.24, 2.45) is 0 Å². The van der Waals surface area contributed by atoms with Gasteiger partial charge in [0.1, 0.15) is 0 Å². The van der Waals surface area contributed by atoms with E-state index in [-0.39, 0.29) is 11.4 Å². The van der Waals surface area contributed by atoms with E-state index in [0.717, 1.165) is 30.1 Å². The van der Waals surface area contributed by atoms with Gasteiger partial charge < -0.3 is 10.6 Å². The van der Waals surface area contributed by atoms with E-state index in [1.165, 1.54) is 0 Å². The predicted molar refractivity (Wildman–Crippen MR) is 75.9 cm³/mol. The van der Waals surface area contributed by atoms with Crippen molar-refractivity contribution >= 4 is 17.2 Å². The molecule has 102 valence electrons. The Morgan fingerprint density at radius 1 is 1.50 bits per heavy atom. The lowest BCUT2D eigenvalue weighted by molar-refractivity contribution is -0.121. The molecule has 0 spiro atoms. The fourth-order valence-electron chi connectivity index (χ4n) is 1.45. The molecule has 0 saturated heterocycles. The minimum absolute atomic E-state index is 0.0521. The highest BCUT2D eigenvalue weighted by Gasteiger charge is 2.16. The molecule has 5 heteroatoms. The quantitative estimate of drug-likeness (QED) is 0.743. The van der Waals surface area contributed by atoms with Crippen LogP contribution in [0.1, 0.15) is 37.9 Å². The van der Waals surface area contributed by atoms with E-state index in [4.69, 9.17) is 0 Å². The minimum atomic E-state index is -0.120. The Bertz CT molecular complexity index is 387. The molecule has 4 nitrogen and oxygen atoms in total. The van der Waals surface area contributed by atoms with Crippen LogP contribution in [0.25, 0.3) is 0 Å². The molecule has 18 heavy (non-hydrogen) atoms. The van der Waals surface area contributed by atoms with Crippen LogP contribution in [0.5, 0.6) is 0 Å². The van der Waals surface area contributed by atoms with E-state index in [1.54, 1.807) is 11.3 Å². The van der Waals surface area contributed by atoms with Gasteiger partial charge in [-0.2, -0.15) is 0 Å². The van der Waals surface area contributed by atoms with Crippen LogP contribution in [-0.2, 0) is 11.2 Å². The number of thiazole rings is 1. The number of nitrogens with zero attached hydrogens (tertiary/aromatic N) is 1. The van der Waals surface area contributed by atoms with Gasteiger partial charge in [0, 0.05) is 23.9 Å². The standard InChI is InChI=1S/C13H23N3OS/c1-5-13(3,4)16-12(17)8-14-7-6-11-9-18-10(2)15-11/h9,14H,5-8H2,1-4H3,(H,16,17). The molecule has 0 saturated carbocycles. The zero-order valence-corrected chi connectivity index (χ0v) is 12.5. The molecule has 1 aromatic rings. The zero-order valence-electron chi connectivity index (χ0n) is 11.7. The summed E-state index contributed by atoms with van der Waals surface area (Å²) in [4.78, 5) is 16.0. The van der Waals surface area contributed by atoms with Crippen molar-refractivity contribution in [2.75, 3.05) is 13.1 Å². The van der Waals surface area contributed by atoms with Crippen LogP contribution in [-0.4, -0.2) is 29.5 Å². The van der Waals surface area contributed by atoms with Crippen molar-refractivity contribution < 1.29 is 4.79 Å². The number of rotatable bonds is 7. The molecule has 2 N–H and O–H groups in total.